The fourth-order valence-corrected chi connectivity index (χ4v) is 1.92. The van der Waals surface area contributed by atoms with Crippen molar-refractivity contribution in [1.82, 2.24) is 10.2 Å². The molecule has 0 spiro atoms. The highest BCUT2D eigenvalue weighted by Gasteiger charge is 2.37. The zero-order valence-electron chi connectivity index (χ0n) is 7.25. The van der Waals surface area contributed by atoms with E-state index in [0.717, 1.165) is 39.3 Å². The first-order valence-corrected chi connectivity index (χ1v) is 4.57. The first kappa shape index (κ1) is 8.44. The van der Waals surface area contributed by atoms with Gasteiger partial charge in [-0.3, -0.25) is 4.90 Å². The second kappa shape index (κ2) is 3.30. The molecule has 2 rings (SSSR count). The standard InChI is InChI=1S/C8H16N2O2/c11-8(1-2-9-7-8)10-3-5-12-6-4-10/h9,11H,1-7H2. The van der Waals surface area contributed by atoms with Gasteiger partial charge in [0, 0.05) is 26.1 Å². The van der Waals surface area contributed by atoms with Gasteiger partial charge in [0.05, 0.1) is 13.2 Å². The summed E-state index contributed by atoms with van der Waals surface area (Å²) in [5.41, 5.74) is -0.593. The van der Waals surface area contributed by atoms with E-state index >= 15 is 0 Å². The number of nitrogens with zero attached hydrogens (tertiary/aromatic N) is 1. The maximum Gasteiger partial charge on any atom is 0.132 e. The monoisotopic (exact) mass is 172 g/mol. The largest absolute Gasteiger partial charge is 0.379 e. The molecule has 0 aliphatic carbocycles. The van der Waals surface area contributed by atoms with Gasteiger partial charge in [-0.15, -0.1) is 0 Å². The number of β-amino-alcohol motifs (C(OH)–C–C–N with tert-alkyl or cyclic N) is 1. The molecule has 0 aromatic rings. The van der Waals surface area contributed by atoms with Crippen molar-refractivity contribution in [1.29, 1.82) is 0 Å². The van der Waals surface area contributed by atoms with Crippen molar-refractivity contribution in [3.8, 4) is 0 Å². The van der Waals surface area contributed by atoms with Crippen molar-refractivity contribution in [2.75, 3.05) is 39.4 Å². The molecule has 4 nitrogen and oxygen atoms in total. The lowest BCUT2D eigenvalue weighted by molar-refractivity contribution is -0.127. The molecule has 0 aromatic carbocycles. The predicted molar refractivity (Wildman–Crippen MR) is 44.8 cm³/mol. The second-order valence-corrected chi connectivity index (χ2v) is 3.51. The van der Waals surface area contributed by atoms with E-state index in [0.29, 0.717) is 6.54 Å². The van der Waals surface area contributed by atoms with Gasteiger partial charge in [-0.05, 0) is 6.54 Å². The van der Waals surface area contributed by atoms with E-state index in [9.17, 15) is 5.11 Å². The summed E-state index contributed by atoms with van der Waals surface area (Å²) in [5, 5.41) is 13.3. The third kappa shape index (κ3) is 1.47. The van der Waals surface area contributed by atoms with Crippen LogP contribution in [-0.4, -0.2) is 55.1 Å². The van der Waals surface area contributed by atoms with Crippen LogP contribution in [0, 0.1) is 0 Å². The maximum absolute atomic E-state index is 10.1. The summed E-state index contributed by atoms with van der Waals surface area (Å²) in [6.07, 6.45) is 0.840. The van der Waals surface area contributed by atoms with Crippen LogP contribution in [0.25, 0.3) is 0 Å². The molecule has 2 aliphatic heterocycles. The summed E-state index contributed by atoms with van der Waals surface area (Å²) in [6, 6.07) is 0. The Morgan fingerprint density at radius 3 is 2.67 bits per heavy atom. The Morgan fingerprint density at radius 1 is 1.33 bits per heavy atom. The zero-order valence-corrected chi connectivity index (χ0v) is 7.25. The predicted octanol–water partition coefficient (Wildman–Crippen LogP) is -0.999. The van der Waals surface area contributed by atoms with Gasteiger partial charge in [0.2, 0.25) is 0 Å². The molecule has 2 aliphatic rings. The number of hydrogen-bond donors (Lipinski definition) is 2. The van der Waals surface area contributed by atoms with Gasteiger partial charge < -0.3 is 15.2 Å². The Morgan fingerprint density at radius 2 is 2.08 bits per heavy atom. The number of rotatable bonds is 1. The fraction of sp³-hybridized carbons (Fsp3) is 1.00. The highest BCUT2D eigenvalue weighted by Crippen LogP contribution is 2.20. The molecule has 4 heteroatoms. The minimum Gasteiger partial charge on any atom is -0.379 e. The molecule has 0 saturated carbocycles. The Kier molecular flexibility index (Phi) is 2.32. The number of morpholine rings is 1. The molecule has 12 heavy (non-hydrogen) atoms. The Labute approximate surface area is 72.5 Å². The normalized spacial score (nSPS) is 38.8. The first-order chi connectivity index (χ1) is 5.81. The molecule has 1 atom stereocenters. The maximum atomic E-state index is 10.1. The highest BCUT2D eigenvalue weighted by atomic mass is 16.5. The van der Waals surface area contributed by atoms with Crippen LogP contribution in [0.3, 0.4) is 0 Å². The highest BCUT2D eigenvalue weighted by molar-refractivity contribution is 4.88. The number of hydrogen-bond acceptors (Lipinski definition) is 4. The van der Waals surface area contributed by atoms with E-state index in [2.05, 4.69) is 10.2 Å². The van der Waals surface area contributed by atoms with Crippen LogP contribution in [0.5, 0.6) is 0 Å². The molecular formula is C8H16N2O2. The van der Waals surface area contributed by atoms with Crippen molar-refractivity contribution in [3.05, 3.63) is 0 Å². The van der Waals surface area contributed by atoms with E-state index in [1.54, 1.807) is 0 Å². The van der Waals surface area contributed by atoms with Crippen LogP contribution in [0.4, 0.5) is 0 Å². The van der Waals surface area contributed by atoms with Crippen molar-refractivity contribution in [3.63, 3.8) is 0 Å². The van der Waals surface area contributed by atoms with Crippen molar-refractivity contribution in [2.24, 2.45) is 0 Å². The van der Waals surface area contributed by atoms with Crippen molar-refractivity contribution in [2.45, 2.75) is 12.1 Å². The van der Waals surface area contributed by atoms with Crippen LogP contribution < -0.4 is 5.32 Å². The summed E-state index contributed by atoms with van der Waals surface area (Å²) in [6.45, 7) is 4.85. The van der Waals surface area contributed by atoms with E-state index in [-0.39, 0.29) is 0 Å². The van der Waals surface area contributed by atoms with Gasteiger partial charge in [0.25, 0.3) is 0 Å². The van der Waals surface area contributed by atoms with E-state index < -0.39 is 5.72 Å². The molecule has 0 aromatic heterocycles. The molecule has 2 fully saturated rings. The van der Waals surface area contributed by atoms with Crippen LogP contribution in [-0.2, 0) is 4.74 Å². The molecule has 2 saturated heterocycles. The molecule has 2 heterocycles. The molecule has 0 amide bonds. The minimum absolute atomic E-state index is 0.593. The van der Waals surface area contributed by atoms with Gasteiger partial charge in [0.15, 0.2) is 0 Å². The SMILES string of the molecule is OC1(N2CCOCC2)CCNC1. The summed E-state index contributed by atoms with van der Waals surface area (Å²) in [4.78, 5) is 2.12. The van der Waals surface area contributed by atoms with Gasteiger partial charge in [-0.2, -0.15) is 0 Å². The van der Waals surface area contributed by atoms with Crippen LogP contribution in [0.2, 0.25) is 0 Å². The lowest BCUT2D eigenvalue weighted by Gasteiger charge is -2.38. The lowest BCUT2D eigenvalue weighted by atomic mass is 10.1. The van der Waals surface area contributed by atoms with E-state index in [4.69, 9.17) is 4.74 Å². The van der Waals surface area contributed by atoms with E-state index in [1.807, 2.05) is 0 Å². The Bertz CT molecular complexity index is 151. The van der Waals surface area contributed by atoms with Gasteiger partial charge in [0.1, 0.15) is 5.72 Å². The average Bonchev–Trinajstić information content (AvgIpc) is 2.55. The number of aliphatic hydroxyl groups is 1. The Hall–Kier alpha value is -0.160. The first-order valence-electron chi connectivity index (χ1n) is 4.57. The molecule has 70 valence electrons. The third-order valence-corrected chi connectivity index (χ3v) is 2.71. The smallest absolute Gasteiger partial charge is 0.132 e. The van der Waals surface area contributed by atoms with Gasteiger partial charge >= 0.3 is 0 Å². The van der Waals surface area contributed by atoms with E-state index in [1.165, 1.54) is 0 Å². The lowest BCUT2D eigenvalue weighted by Crippen LogP contribution is -2.54. The molecular weight excluding hydrogens is 156 g/mol. The quantitative estimate of drug-likeness (QED) is 0.532. The summed E-state index contributed by atoms with van der Waals surface area (Å²) < 4.78 is 5.23. The molecule has 0 bridgehead atoms. The minimum atomic E-state index is -0.593. The molecule has 0 radical (unpaired) electrons. The third-order valence-electron chi connectivity index (χ3n) is 2.71. The van der Waals surface area contributed by atoms with Crippen LogP contribution in [0.15, 0.2) is 0 Å². The topological polar surface area (TPSA) is 44.7 Å². The summed E-state index contributed by atoms with van der Waals surface area (Å²) in [7, 11) is 0. The molecule has 1 unspecified atom stereocenters. The summed E-state index contributed by atoms with van der Waals surface area (Å²) >= 11 is 0. The van der Waals surface area contributed by atoms with Crippen LogP contribution in [0.1, 0.15) is 6.42 Å². The number of ether oxygens (including phenoxy) is 1. The number of nitrogens with one attached hydrogen (secondary N) is 1. The average molecular weight is 172 g/mol. The van der Waals surface area contributed by atoms with Crippen LogP contribution >= 0.6 is 0 Å². The fourth-order valence-electron chi connectivity index (χ4n) is 1.92. The van der Waals surface area contributed by atoms with Gasteiger partial charge in [-0.25, -0.2) is 0 Å². The molecule has 2 N–H and O–H groups in total. The van der Waals surface area contributed by atoms with Crippen molar-refractivity contribution >= 4 is 0 Å². The zero-order chi connectivity index (χ0) is 8.44. The Balaban J connectivity index is 1.96. The second-order valence-electron chi connectivity index (χ2n) is 3.51. The van der Waals surface area contributed by atoms with Gasteiger partial charge in [-0.1, -0.05) is 0 Å². The summed E-state index contributed by atoms with van der Waals surface area (Å²) in [5.74, 6) is 0. The van der Waals surface area contributed by atoms with Crippen molar-refractivity contribution < 1.29 is 9.84 Å².